The van der Waals surface area contributed by atoms with Crippen molar-refractivity contribution < 1.29 is 31.9 Å². The third kappa shape index (κ3) is 6.45. The van der Waals surface area contributed by atoms with E-state index in [0.29, 0.717) is 16.8 Å². The molecular weight excluding hydrogens is 464 g/mol. The smallest absolute Gasteiger partial charge is 0.418 e. The highest BCUT2D eigenvalue weighted by atomic mass is 35.5. The van der Waals surface area contributed by atoms with Gasteiger partial charge >= 0.3 is 6.18 Å². The molecule has 3 rings (SSSR count). The van der Waals surface area contributed by atoms with E-state index >= 15 is 0 Å². The van der Waals surface area contributed by atoms with Gasteiger partial charge in [-0.05, 0) is 73.7 Å². The summed E-state index contributed by atoms with van der Waals surface area (Å²) in [5.74, 6) is -1.76. The highest BCUT2D eigenvalue weighted by Gasteiger charge is 2.35. The lowest BCUT2D eigenvalue weighted by Crippen LogP contribution is -2.31. The maximum Gasteiger partial charge on any atom is 0.418 e. The number of ether oxygens (including phenoxy) is 1. The van der Waals surface area contributed by atoms with Gasteiger partial charge in [-0.25, -0.2) is 4.39 Å². The van der Waals surface area contributed by atoms with E-state index in [0.717, 1.165) is 18.2 Å². The zero-order chi connectivity index (χ0) is 24.2. The van der Waals surface area contributed by atoms with Crippen LogP contribution in [0.1, 0.15) is 22.8 Å². The molecular formula is C23H17ClF4N2O3. The van der Waals surface area contributed by atoms with E-state index in [2.05, 4.69) is 10.6 Å². The number of anilines is 2. The Morgan fingerprint density at radius 2 is 1.58 bits per heavy atom. The Bertz CT molecular complexity index is 1150. The molecule has 0 heterocycles. The van der Waals surface area contributed by atoms with E-state index in [9.17, 15) is 27.2 Å². The lowest BCUT2D eigenvalue weighted by Gasteiger charge is -2.18. The van der Waals surface area contributed by atoms with Gasteiger partial charge in [0.05, 0.1) is 11.3 Å². The summed E-state index contributed by atoms with van der Waals surface area (Å²) < 4.78 is 59.3. The summed E-state index contributed by atoms with van der Waals surface area (Å²) in [5.41, 5.74) is -1.75. The average Bonchev–Trinajstić information content (AvgIpc) is 2.76. The van der Waals surface area contributed by atoms with Crippen LogP contribution in [0.4, 0.5) is 28.9 Å². The molecule has 0 saturated carbocycles. The van der Waals surface area contributed by atoms with Crippen LogP contribution in [-0.2, 0) is 11.0 Å². The number of nitrogens with one attached hydrogen (secondary N) is 2. The third-order valence-corrected chi connectivity index (χ3v) is 4.69. The summed E-state index contributed by atoms with van der Waals surface area (Å²) in [6, 6.07) is 13.6. The van der Waals surface area contributed by atoms with Crippen LogP contribution in [0.15, 0.2) is 66.7 Å². The summed E-state index contributed by atoms with van der Waals surface area (Å²) in [7, 11) is 0. The first-order valence-electron chi connectivity index (χ1n) is 9.54. The van der Waals surface area contributed by atoms with E-state index in [4.69, 9.17) is 16.3 Å². The molecule has 2 amide bonds. The standard InChI is InChI=1S/C23H17ClF4N2O3/c1-13(33-18-9-4-15(24)5-10-18)21(31)30-20-11-8-17(12-19(20)23(26,27)28)29-22(32)14-2-6-16(25)7-3-14/h2-13H,1H3,(H,29,32)(H,30,31). The molecule has 0 aliphatic heterocycles. The van der Waals surface area contributed by atoms with Crippen molar-refractivity contribution in [2.24, 2.45) is 0 Å². The van der Waals surface area contributed by atoms with Crippen LogP contribution in [0.3, 0.4) is 0 Å². The number of hydrogen-bond donors (Lipinski definition) is 2. The SMILES string of the molecule is CC(Oc1ccc(Cl)cc1)C(=O)Nc1ccc(NC(=O)c2ccc(F)cc2)cc1C(F)(F)F. The molecule has 0 radical (unpaired) electrons. The second-order valence-corrected chi connectivity index (χ2v) is 7.36. The fraction of sp³-hybridized carbons (Fsp3) is 0.130. The van der Waals surface area contributed by atoms with Crippen molar-refractivity contribution in [3.05, 3.63) is 88.7 Å². The van der Waals surface area contributed by atoms with Crippen LogP contribution in [-0.4, -0.2) is 17.9 Å². The molecule has 10 heteroatoms. The van der Waals surface area contributed by atoms with Crippen LogP contribution < -0.4 is 15.4 Å². The lowest BCUT2D eigenvalue weighted by molar-refractivity contribution is -0.137. The van der Waals surface area contributed by atoms with E-state index in [1.54, 1.807) is 12.1 Å². The number of halogens is 5. The molecule has 0 aromatic heterocycles. The fourth-order valence-electron chi connectivity index (χ4n) is 2.78. The number of carbonyl (C=O) groups excluding carboxylic acids is 2. The Labute approximate surface area is 191 Å². The van der Waals surface area contributed by atoms with Crippen molar-refractivity contribution in [3.63, 3.8) is 0 Å². The van der Waals surface area contributed by atoms with Crippen molar-refractivity contribution in [1.82, 2.24) is 0 Å². The molecule has 5 nitrogen and oxygen atoms in total. The summed E-state index contributed by atoms with van der Waals surface area (Å²) >= 11 is 5.78. The second kappa shape index (κ2) is 9.91. The molecule has 1 atom stereocenters. The number of amides is 2. The summed E-state index contributed by atoms with van der Waals surface area (Å²) in [6.07, 6.45) is -5.93. The van der Waals surface area contributed by atoms with E-state index in [-0.39, 0.29) is 11.3 Å². The molecule has 3 aromatic carbocycles. The fourth-order valence-corrected chi connectivity index (χ4v) is 2.90. The summed E-state index contributed by atoms with van der Waals surface area (Å²) in [4.78, 5) is 24.6. The highest BCUT2D eigenvalue weighted by molar-refractivity contribution is 6.30. The molecule has 2 N–H and O–H groups in total. The minimum atomic E-state index is -4.82. The molecule has 33 heavy (non-hydrogen) atoms. The maximum absolute atomic E-state index is 13.6. The Hall–Kier alpha value is -3.59. The molecule has 3 aromatic rings. The van der Waals surface area contributed by atoms with Gasteiger partial charge in [-0.15, -0.1) is 0 Å². The number of carbonyl (C=O) groups is 2. The predicted octanol–water partition coefficient (Wildman–Crippen LogP) is 6.16. The van der Waals surface area contributed by atoms with Crippen LogP contribution in [0, 0.1) is 5.82 Å². The highest BCUT2D eigenvalue weighted by Crippen LogP contribution is 2.37. The number of alkyl halides is 3. The van der Waals surface area contributed by atoms with E-state index in [1.165, 1.54) is 37.3 Å². The molecule has 172 valence electrons. The zero-order valence-electron chi connectivity index (χ0n) is 17.0. The first kappa shape index (κ1) is 24.1. The van der Waals surface area contributed by atoms with Crippen molar-refractivity contribution in [3.8, 4) is 5.75 Å². The summed E-state index contributed by atoms with van der Waals surface area (Å²) in [5, 5.41) is 4.98. The normalized spacial score (nSPS) is 12.1. The van der Waals surface area contributed by atoms with Crippen molar-refractivity contribution in [1.29, 1.82) is 0 Å². The molecule has 0 aliphatic carbocycles. The van der Waals surface area contributed by atoms with Crippen molar-refractivity contribution in [2.45, 2.75) is 19.2 Å². The van der Waals surface area contributed by atoms with Gasteiger partial charge in [0.15, 0.2) is 6.10 Å². The number of benzene rings is 3. The van der Waals surface area contributed by atoms with Gasteiger partial charge in [0, 0.05) is 16.3 Å². The molecule has 0 fully saturated rings. The largest absolute Gasteiger partial charge is 0.481 e. The van der Waals surface area contributed by atoms with Gasteiger partial charge in [0.1, 0.15) is 11.6 Å². The molecule has 0 bridgehead atoms. The van der Waals surface area contributed by atoms with Crippen LogP contribution in [0.2, 0.25) is 5.02 Å². The van der Waals surface area contributed by atoms with Gasteiger partial charge < -0.3 is 15.4 Å². The van der Waals surface area contributed by atoms with Crippen LogP contribution >= 0.6 is 11.6 Å². The second-order valence-electron chi connectivity index (χ2n) is 6.92. The molecule has 0 aliphatic rings. The van der Waals surface area contributed by atoms with Gasteiger partial charge in [0.25, 0.3) is 11.8 Å². The zero-order valence-corrected chi connectivity index (χ0v) is 17.8. The Kier molecular flexibility index (Phi) is 7.23. The molecule has 0 spiro atoms. The van der Waals surface area contributed by atoms with Crippen molar-refractivity contribution >= 4 is 34.8 Å². The number of hydrogen-bond acceptors (Lipinski definition) is 3. The Balaban J connectivity index is 1.76. The minimum Gasteiger partial charge on any atom is -0.481 e. The van der Waals surface area contributed by atoms with Crippen LogP contribution in [0.5, 0.6) is 5.75 Å². The topological polar surface area (TPSA) is 67.4 Å². The van der Waals surface area contributed by atoms with Gasteiger partial charge in [-0.1, -0.05) is 11.6 Å². The predicted molar refractivity (Wildman–Crippen MR) is 116 cm³/mol. The first-order chi connectivity index (χ1) is 15.5. The number of rotatable bonds is 6. The maximum atomic E-state index is 13.6. The van der Waals surface area contributed by atoms with Gasteiger partial charge in [-0.2, -0.15) is 13.2 Å². The summed E-state index contributed by atoms with van der Waals surface area (Å²) in [6.45, 7) is 1.38. The lowest BCUT2D eigenvalue weighted by atomic mass is 10.1. The van der Waals surface area contributed by atoms with E-state index < -0.39 is 41.2 Å². The third-order valence-electron chi connectivity index (χ3n) is 4.44. The molecule has 0 saturated heterocycles. The van der Waals surface area contributed by atoms with Crippen LogP contribution in [0.25, 0.3) is 0 Å². The van der Waals surface area contributed by atoms with Gasteiger partial charge in [0.2, 0.25) is 0 Å². The van der Waals surface area contributed by atoms with Crippen molar-refractivity contribution in [2.75, 3.05) is 10.6 Å². The Morgan fingerprint density at radius 3 is 2.18 bits per heavy atom. The minimum absolute atomic E-state index is 0.0653. The Morgan fingerprint density at radius 1 is 0.939 bits per heavy atom. The van der Waals surface area contributed by atoms with Gasteiger partial charge in [-0.3, -0.25) is 9.59 Å². The molecule has 1 unspecified atom stereocenters. The average molecular weight is 481 g/mol. The van der Waals surface area contributed by atoms with E-state index in [1.807, 2.05) is 0 Å². The monoisotopic (exact) mass is 480 g/mol. The quantitative estimate of drug-likeness (QED) is 0.415. The first-order valence-corrected chi connectivity index (χ1v) is 9.92.